The number of hydrogen-bond donors (Lipinski definition) is 2. The van der Waals surface area contributed by atoms with Gasteiger partial charge in [-0.05, 0) is 84.9 Å². The molecule has 2 amide bonds. The lowest BCUT2D eigenvalue weighted by molar-refractivity contribution is -0.138. The van der Waals surface area contributed by atoms with Crippen LogP contribution in [0.2, 0.25) is 0 Å². The van der Waals surface area contributed by atoms with Gasteiger partial charge >= 0.3 is 0 Å². The summed E-state index contributed by atoms with van der Waals surface area (Å²) in [6, 6.07) is 10.5. The van der Waals surface area contributed by atoms with E-state index in [4.69, 9.17) is 0 Å². The van der Waals surface area contributed by atoms with Crippen LogP contribution in [0.3, 0.4) is 0 Å². The summed E-state index contributed by atoms with van der Waals surface area (Å²) in [5.41, 5.74) is 3.48. The van der Waals surface area contributed by atoms with Gasteiger partial charge in [-0.1, -0.05) is 12.1 Å². The molecule has 4 atom stereocenters. The Hall–Kier alpha value is -4.49. The molecule has 5 heterocycles. The number of aryl methyl sites for hydroxylation is 2. The van der Waals surface area contributed by atoms with Crippen molar-refractivity contribution < 1.29 is 14.7 Å². The van der Waals surface area contributed by atoms with Crippen LogP contribution in [0.1, 0.15) is 43.0 Å². The molecular formula is C32H32BrN9O3. The third-order valence-corrected chi connectivity index (χ3v) is 9.37. The lowest BCUT2D eigenvalue weighted by Crippen LogP contribution is -2.47. The first kappa shape index (κ1) is 29.2. The van der Waals surface area contributed by atoms with E-state index in [1.165, 1.54) is 0 Å². The summed E-state index contributed by atoms with van der Waals surface area (Å²) >= 11 is 3.38. The van der Waals surface area contributed by atoms with Crippen LogP contribution in [0.5, 0.6) is 0 Å². The number of nitrogens with zero attached hydrogens (tertiary/aromatic N) is 8. The van der Waals surface area contributed by atoms with E-state index in [0.717, 1.165) is 28.5 Å². The van der Waals surface area contributed by atoms with Crippen LogP contribution in [0, 0.1) is 19.3 Å². The molecule has 230 valence electrons. The highest BCUT2D eigenvalue weighted by molar-refractivity contribution is 9.10. The van der Waals surface area contributed by atoms with Gasteiger partial charge in [-0.25, -0.2) is 15.0 Å². The number of fused-ring (bicyclic) bond motifs is 2. The van der Waals surface area contributed by atoms with Gasteiger partial charge in [0.15, 0.2) is 0 Å². The van der Waals surface area contributed by atoms with Crippen molar-refractivity contribution in [1.29, 1.82) is 0 Å². The first-order chi connectivity index (χ1) is 21.6. The molecule has 4 aromatic heterocycles. The average Bonchev–Trinajstić information content (AvgIpc) is 3.34. The molecule has 2 N–H and O–H groups in total. The summed E-state index contributed by atoms with van der Waals surface area (Å²) in [5, 5.41) is 23.4. The zero-order chi connectivity index (χ0) is 31.5. The molecule has 0 spiro atoms. The Bertz CT molecular complexity index is 1920. The molecule has 1 aliphatic heterocycles. The predicted molar refractivity (Wildman–Crippen MR) is 170 cm³/mol. The van der Waals surface area contributed by atoms with E-state index in [1.54, 1.807) is 35.1 Å². The van der Waals surface area contributed by atoms with Gasteiger partial charge in [-0.3, -0.25) is 19.0 Å². The van der Waals surface area contributed by atoms with E-state index < -0.39 is 12.1 Å². The fourth-order valence-electron chi connectivity index (χ4n) is 6.55. The van der Waals surface area contributed by atoms with Crippen LogP contribution < -0.4 is 5.32 Å². The topological polar surface area (TPSA) is 144 Å². The SMILES string of the molecule is Cc1ncc(-c2ccc3c(c2)c(C(C)O)nn3CC(=O)N2[C@H](C(=O)Nc3nc(Br)ccc3C)C[C@@]3(Cn4cccn4)C[C@@H]23)cn1. The number of aliphatic hydroxyl groups excluding tert-OH is 1. The molecule has 1 unspecified atom stereocenters. The minimum Gasteiger partial charge on any atom is -0.387 e. The fraction of sp³-hybridized carbons (Fsp3) is 0.344. The number of pyridine rings is 1. The van der Waals surface area contributed by atoms with Gasteiger partial charge in [-0.2, -0.15) is 10.2 Å². The number of amides is 2. The van der Waals surface area contributed by atoms with Crippen LogP contribution in [0.15, 0.2) is 65.8 Å². The zero-order valence-corrected chi connectivity index (χ0v) is 26.6. The van der Waals surface area contributed by atoms with Gasteiger partial charge in [-0.15, -0.1) is 0 Å². The molecular weight excluding hydrogens is 638 g/mol. The Kier molecular flexibility index (Phi) is 7.24. The number of aliphatic hydroxyl groups is 1. The first-order valence-corrected chi connectivity index (χ1v) is 15.6. The van der Waals surface area contributed by atoms with Crippen LogP contribution in [0.25, 0.3) is 22.0 Å². The number of halogens is 1. The Morgan fingerprint density at radius 3 is 2.67 bits per heavy atom. The van der Waals surface area contributed by atoms with E-state index in [9.17, 15) is 14.7 Å². The summed E-state index contributed by atoms with van der Waals surface area (Å²) < 4.78 is 4.11. The number of hydrogen-bond acceptors (Lipinski definition) is 8. The Morgan fingerprint density at radius 1 is 1.13 bits per heavy atom. The molecule has 2 aliphatic rings. The van der Waals surface area contributed by atoms with E-state index in [0.29, 0.717) is 40.4 Å². The van der Waals surface area contributed by atoms with Crippen molar-refractivity contribution in [3.63, 3.8) is 0 Å². The summed E-state index contributed by atoms with van der Waals surface area (Å²) in [6.45, 7) is 5.90. The van der Waals surface area contributed by atoms with Crippen LogP contribution in [-0.2, 0) is 22.7 Å². The van der Waals surface area contributed by atoms with Crippen molar-refractivity contribution in [1.82, 2.24) is 39.4 Å². The zero-order valence-electron chi connectivity index (χ0n) is 25.1. The normalized spacial score (nSPS) is 21.1. The number of carbonyl (C=O) groups is 2. The van der Waals surface area contributed by atoms with Crippen LogP contribution in [-0.4, -0.2) is 68.4 Å². The van der Waals surface area contributed by atoms with E-state index >= 15 is 0 Å². The number of nitrogens with one attached hydrogen (secondary N) is 1. The minimum atomic E-state index is -0.857. The maximum atomic E-state index is 14.2. The summed E-state index contributed by atoms with van der Waals surface area (Å²) in [6.07, 6.45) is 7.61. The van der Waals surface area contributed by atoms with Crippen molar-refractivity contribution in [2.75, 3.05) is 5.32 Å². The van der Waals surface area contributed by atoms with E-state index in [1.807, 2.05) is 61.1 Å². The Labute approximate surface area is 267 Å². The monoisotopic (exact) mass is 669 g/mol. The van der Waals surface area contributed by atoms with Gasteiger partial charge < -0.3 is 15.3 Å². The maximum Gasteiger partial charge on any atom is 0.248 e. The molecule has 0 bridgehead atoms. The molecule has 1 saturated heterocycles. The lowest BCUT2D eigenvalue weighted by Gasteiger charge is -2.27. The van der Waals surface area contributed by atoms with Crippen molar-refractivity contribution in [3.05, 3.63) is 82.9 Å². The van der Waals surface area contributed by atoms with Gasteiger partial charge in [0.1, 0.15) is 28.8 Å². The van der Waals surface area contributed by atoms with E-state index in [2.05, 4.69) is 46.4 Å². The quantitative estimate of drug-likeness (QED) is 0.234. The largest absolute Gasteiger partial charge is 0.387 e. The molecule has 1 saturated carbocycles. The highest BCUT2D eigenvalue weighted by Gasteiger charge is 2.67. The van der Waals surface area contributed by atoms with Crippen LogP contribution >= 0.6 is 15.9 Å². The second-order valence-electron chi connectivity index (χ2n) is 12.1. The molecule has 1 aromatic carbocycles. The molecule has 2 fully saturated rings. The highest BCUT2D eigenvalue weighted by Crippen LogP contribution is 2.60. The fourth-order valence-corrected chi connectivity index (χ4v) is 6.86. The summed E-state index contributed by atoms with van der Waals surface area (Å²) in [5.74, 6) is 0.649. The number of aromatic nitrogens is 7. The Morgan fingerprint density at radius 2 is 1.93 bits per heavy atom. The number of piperidine rings is 1. The molecule has 5 aromatic rings. The molecule has 1 aliphatic carbocycles. The second kappa shape index (κ2) is 11.1. The molecule has 45 heavy (non-hydrogen) atoms. The summed E-state index contributed by atoms with van der Waals surface area (Å²) in [7, 11) is 0. The maximum absolute atomic E-state index is 14.2. The second-order valence-corrected chi connectivity index (χ2v) is 12.9. The number of likely N-dealkylation sites (tertiary alicyclic amines) is 1. The number of rotatable bonds is 8. The molecule has 0 radical (unpaired) electrons. The van der Waals surface area contributed by atoms with Crippen molar-refractivity contribution >= 4 is 44.5 Å². The van der Waals surface area contributed by atoms with Crippen molar-refractivity contribution in [2.45, 2.75) is 64.9 Å². The van der Waals surface area contributed by atoms with Gasteiger partial charge in [0, 0.05) is 53.7 Å². The number of anilines is 1. The highest BCUT2D eigenvalue weighted by atomic mass is 79.9. The van der Waals surface area contributed by atoms with E-state index in [-0.39, 0.29) is 29.8 Å². The third kappa shape index (κ3) is 5.39. The summed E-state index contributed by atoms with van der Waals surface area (Å²) in [4.78, 5) is 42.8. The minimum absolute atomic E-state index is 0.0809. The van der Waals surface area contributed by atoms with Crippen molar-refractivity contribution in [2.24, 2.45) is 5.41 Å². The lowest BCUT2D eigenvalue weighted by atomic mass is 9.99. The van der Waals surface area contributed by atoms with Gasteiger partial charge in [0.25, 0.3) is 0 Å². The third-order valence-electron chi connectivity index (χ3n) is 8.92. The molecule has 12 nitrogen and oxygen atoms in total. The van der Waals surface area contributed by atoms with Gasteiger partial charge in [0.2, 0.25) is 11.8 Å². The Balaban J connectivity index is 1.20. The average molecular weight is 671 g/mol. The smallest absolute Gasteiger partial charge is 0.248 e. The van der Waals surface area contributed by atoms with Gasteiger partial charge in [0.05, 0.1) is 17.3 Å². The van der Waals surface area contributed by atoms with Crippen LogP contribution in [0.4, 0.5) is 5.82 Å². The first-order valence-electron chi connectivity index (χ1n) is 14.8. The van der Waals surface area contributed by atoms with Crippen molar-refractivity contribution in [3.8, 4) is 11.1 Å². The molecule has 13 heteroatoms. The number of carbonyl (C=O) groups excluding carboxylic acids is 2. The predicted octanol–water partition coefficient (Wildman–Crippen LogP) is 4.22. The molecule has 7 rings (SSSR count). The number of benzene rings is 1. The standard InChI is InChI=1S/C32H32BrN9O3/c1-18-5-8-27(33)37-30(18)38-31(45)25-12-32(17-40-10-4-9-36-40)13-26(32)42(25)28(44)16-41-24-7-6-21(22-14-34-20(3)35-15-22)11-23(24)29(39-41)19(2)43/h4-11,14-15,19,25-26,43H,12-13,16-17H2,1-3H3,(H,37,38,45)/t19?,25-,26+,32-/m0/s1.